The fourth-order valence-electron chi connectivity index (χ4n) is 5.64. The zero-order chi connectivity index (χ0) is 31.1. The van der Waals surface area contributed by atoms with Gasteiger partial charge in [0.1, 0.15) is 5.56 Å². The van der Waals surface area contributed by atoms with Gasteiger partial charge < -0.3 is 10.1 Å². The first-order valence-corrected chi connectivity index (χ1v) is 14.7. The monoisotopic (exact) mass is 595 g/mol. The van der Waals surface area contributed by atoms with E-state index < -0.39 is 0 Å². The van der Waals surface area contributed by atoms with Crippen LogP contribution >= 0.6 is 0 Å². The van der Waals surface area contributed by atoms with E-state index in [-0.39, 0.29) is 17.9 Å². The lowest BCUT2D eigenvalue weighted by molar-refractivity contribution is 0.0528. The topological polar surface area (TPSA) is 116 Å². The maximum Gasteiger partial charge on any atom is 0.341 e. The first kappa shape index (κ1) is 27.9. The van der Waals surface area contributed by atoms with Crippen LogP contribution in [0.15, 0.2) is 97.6 Å². The van der Waals surface area contributed by atoms with Crippen LogP contribution in [0, 0.1) is 0 Å². The molecular weight excluding hydrogens is 566 g/mol. The van der Waals surface area contributed by atoms with Gasteiger partial charge in [0.05, 0.1) is 45.3 Å². The molecule has 222 valence electrons. The van der Waals surface area contributed by atoms with Crippen LogP contribution in [0.5, 0.6) is 0 Å². The zero-order valence-corrected chi connectivity index (χ0v) is 24.9. The molecular formula is C35H29N7O3. The number of benzene rings is 2. The molecule has 1 amide bonds. The molecule has 45 heavy (non-hydrogen) atoms. The van der Waals surface area contributed by atoms with E-state index in [1.54, 1.807) is 37.8 Å². The van der Waals surface area contributed by atoms with Crippen molar-refractivity contribution in [3.8, 4) is 0 Å². The van der Waals surface area contributed by atoms with Gasteiger partial charge in [0.25, 0.3) is 5.91 Å². The first-order chi connectivity index (χ1) is 21.9. The largest absolute Gasteiger partial charge is 0.462 e. The molecule has 6 aromatic heterocycles. The van der Waals surface area contributed by atoms with E-state index >= 15 is 0 Å². The summed E-state index contributed by atoms with van der Waals surface area (Å²) in [5.74, 6) is -0.486. The van der Waals surface area contributed by atoms with Crippen molar-refractivity contribution in [3.05, 3.63) is 109 Å². The Morgan fingerprint density at radius 2 is 1.24 bits per heavy atom. The molecule has 0 aliphatic heterocycles. The Morgan fingerprint density at radius 1 is 0.733 bits per heavy atom. The number of hydrogen-bond acceptors (Lipinski definition) is 7. The molecule has 1 N–H and O–H groups in total. The minimum absolute atomic E-state index is 0.0662. The van der Waals surface area contributed by atoms with Gasteiger partial charge in [-0.3, -0.25) is 23.6 Å². The molecule has 0 aliphatic rings. The summed E-state index contributed by atoms with van der Waals surface area (Å²) in [6.07, 6.45) is 7.01. The molecule has 0 bridgehead atoms. The zero-order valence-electron chi connectivity index (χ0n) is 24.9. The van der Waals surface area contributed by atoms with Crippen LogP contribution in [-0.2, 0) is 4.74 Å². The molecule has 10 nitrogen and oxygen atoms in total. The van der Waals surface area contributed by atoms with E-state index in [1.165, 1.54) is 0 Å². The summed E-state index contributed by atoms with van der Waals surface area (Å²) in [6.45, 7) is 6.01. The van der Waals surface area contributed by atoms with Gasteiger partial charge in [0, 0.05) is 41.6 Å². The maximum absolute atomic E-state index is 12.6. The lowest BCUT2D eigenvalue weighted by Gasteiger charge is -2.11. The quantitative estimate of drug-likeness (QED) is 0.235. The van der Waals surface area contributed by atoms with Gasteiger partial charge in [-0.05, 0) is 69.3 Å². The average molecular weight is 596 g/mol. The molecule has 0 saturated heterocycles. The smallest absolute Gasteiger partial charge is 0.341 e. The number of para-hydroxylation sites is 4. The number of esters is 1. The third-order valence-electron chi connectivity index (χ3n) is 7.50. The number of pyridine rings is 4. The number of ether oxygens (including phenoxy) is 1. The molecule has 0 radical (unpaired) electrons. The Labute approximate surface area is 257 Å². The van der Waals surface area contributed by atoms with E-state index in [4.69, 9.17) is 4.74 Å². The minimum atomic E-state index is -0.367. The third kappa shape index (κ3) is 4.86. The number of aromatic nitrogens is 6. The predicted molar refractivity (Wildman–Crippen MR) is 175 cm³/mol. The molecule has 0 aliphatic carbocycles. The molecule has 8 rings (SSSR count). The molecule has 6 heterocycles. The van der Waals surface area contributed by atoms with Crippen molar-refractivity contribution in [2.24, 2.45) is 0 Å². The molecule has 10 heteroatoms. The highest BCUT2D eigenvalue weighted by molar-refractivity contribution is 6.06. The summed E-state index contributed by atoms with van der Waals surface area (Å²) in [5, 5.41) is 4.74. The molecule has 0 fully saturated rings. The molecule has 2 aromatic carbocycles. The normalized spacial score (nSPS) is 11.5. The number of nitrogens with one attached hydrogen (secondary N) is 1. The summed E-state index contributed by atoms with van der Waals surface area (Å²) >= 11 is 0. The van der Waals surface area contributed by atoms with E-state index in [9.17, 15) is 9.59 Å². The minimum Gasteiger partial charge on any atom is -0.462 e. The fourth-order valence-corrected chi connectivity index (χ4v) is 5.64. The number of amides is 1. The second-order valence-electron chi connectivity index (χ2n) is 10.9. The lowest BCUT2D eigenvalue weighted by Crippen LogP contribution is -2.30. The van der Waals surface area contributed by atoms with Crippen molar-refractivity contribution >= 4 is 67.0 Å². The van der Waals surface area contributed by atoms with Gasteiger partial charge in [-0.25, -0.2) is 14.8 Å². The highest BCUT2D eigenvalue weighted by Crippen LogP contribution is 2.27. The predicted octanol–water partition coefficient (Wildman–Crippen LogP) is 6.39. The molecule has 0 unspecified atom stereocenters. The van der Waals surface area contributed by atoms with Crippen molar-refractivity contribution < 1.29 is 14.3 Å². The van der Waals surface area contributed by atoms with E-state index in [0.29, 0.717) is 29.0 Å². The highest BCUT2D eigenvalue weighted by atomic mass is 16.5. The Balaban J connectivity index is 0.000000145. The average Bonchev–Trinajstić information content (AvgIpc) is 3.64. The number of hydrogen-bond donors (Lipinski definition) is 1. The standard InChI is InChI=1S/C18H16N4O.C17H13N3O2/c1-11(2)20-18(23)13-9-12-10-19-8-7-15(12)22-16-6-4-3-5-14(16)21-17(13)22;1-2-22-17(21)12-9-11-10-18-8-7-14(11)20-15-6-4-3-5-13(15)19-16(12)20/h3-11H,1-2H3,(H,20,23);3-10H,2H2,1H3. The van der Waals surface area contributed by atoms with Crippen molar-refractivity contribution in [2.45, 2.75) is 26.8 Å². The summed E-state index contributed by atoms with van der Waals surface area (Å²) in [6, 6.07) is 23.3. The number of rotatable bonds is 4. The number of carbonyl (C=O) groups is 2. The third-order valence-corrected chi connectivity index (χ3v) is 7.50. The van der Waals surface area contributed by atoms with Gasteiger partial charge >= 0.3 is 5.97 Å². The number of carbonyl (C=O) groups excluding carboxylic acids is 2. The van der Waals surface area contributed by atoms with Gasteiger partial charge in [-0.1, -0.05) is 24.3 Å². The second-order valence-corrected chi connectivity index (χ2v) is 10.9. The second kappa shape index (κ2) is 11.3. The summed E-state index contributed by atoms with van der Waals surface area (Å²) in [4.78, 5) is 42.5. The summed E-state index contributed by atoms with van der Waals surface area (Å²) < 4.78 is 9.18. The highest BCUT2D eigenvalue weighted by Gasteiger charge is 2.19. The SMILES string of the molecule is CC(C)NC(=O)c1cc2cnccc2n2c1nc1ccccc12.CCOC(=O)c1cc2cnccc2n2c1nc1ccccc12. The van der Waals surface area contributed by atoms with Gasteiger partial charge in [0.15, 0.2) is 11.3 Å². The molecule has 0 atom stereocenters. The molecule has 8 aromatic rings. The van der Waals surface area contributed by atoms with E-state index in [2.05, 4.69) is 25.3 Å². The Kier molecular flexibility index (Phi) is 7.01. The summed E-state index contributed by atoms with van der Waals surface area (Å²) in [5.41, 5.74) is 7.91. The van der Waals surface area contributed by atoms with Crippen LogP contribution < -0.4 is 5.32 Å². The van der Waals surface area contributed by atoms with Crippen molar-refractivity contribution in [3.63, 3.8) is 0 Å². The molecule has 0 saturated carbocycles. The van der Waals surface area contributed by atoms with Crippen LogP contribution in [0.25, 0.3) is 55.2 Å². The Morgan fingerprint density at radius 3 is 1.78 bits per heavy atom. The number of nitrogens with zero attached hydrogens (tertiary/aromatic N) is 6. The van der Waals surface area contributed by atoms with Crippen molar-refractivity contribution in [1.29, 1.82) is 0 Å². The van der Waals surface area contributed by atoms with Gasteiger partial charge in [-0.15, -0.1) is 0 Å². The Bertz CT molecular complexity index is 2410. The van der Waals surface area contributed by atoms with Crippen LogP contribution in [0.2, 0.25) is 0 Å². The van der Waals surface area contributed by atoms with Crippen LogP contribution in [0.3, 0.4) is 0 Å². The first-order valence-electron chi connectivity index (χ1n) is 14.7. The fraction of sp³-hybridized carbons (Fsp3) is 0.143. The number of imidazole rings is 2. The lowest BCUT2D eigenvalue weighted by atomic mass is 10.1. The summed E-state index contributed by atoms with van der Waals surface area (Å²) in [7, 11) is 0. The number of fused-ring (bicyclic) bond motifs is 10. The van der Waals surface area contributed by atoms with Gasteiger partial charge in [-0.2, -0.15) is 0 Å². The van der Waals surface area contributed by atoms with E-state index in [0.717, 1.165) is 43.9 Å². The van der Waals surface area contributed by atoms with Crippen LogP contribution in [0.1, 0.15) is 41.5 Å². The molecule has 0 spiro atoms. The Hall–Kier alpha value is -5.90. The van der Waals surface area contributed by atoms with Crippen LogP contribution in [-0.4, -0.2) is 53.3 Å². The van der Waals surface area contributed by atoms with E-state index in [1.807, 2.05) is 89.4 Å². The van der Waals surface area contributed by atoms with Crippen molar-refractivity contribution in [1.82, 2.24) is 34.1 Å². The van der Waals surface area contributed by atoms with Crippen LogP contribution in [0.4, 0.5) is 0 Å². The van der Waals surface area contributed by atoms with Crippen molar-refractivity contribution in [2.75, 3.05) is 6.61 Å². The van der Waals surface area contributed by atoms with Gasteiger partial charge in [0.2, 0.25) is 0 Å². The maximum atomic E-state index is 12.6.